The Bertz CT molecular complexity index is 700. The fraction of sp³-hybridized carbons (Fsp3) is 0.300. The number of amides is 1. The summed E-state index contributed by atoms with van der Waals surface area (Å²) >= 11 is 0. The Kier molecular flexibility index (Phi) is 9.72. The Morgan fingerprint density at radius 2 is 1.46 bits per heavy atom. The van der Waals surface area contributed by atoms with Crippen LogP contribution in [0.3, 0.4) is 0 Å². The highest BCUT2D eigenvalue weighted by Gasteiger charge is 2.06. The number of rotatable bonds is 6. The van der Waals surface area contributed by atoms with E-state index in [1.165, 1.54) is 5.56 Å². The van der Waals surface area contributed by atoms with Crippen molar-refractivity contribution in [2.24, 2.45) is 10.9 Å². The minimum Gasteiger partial charge on any atom is -0.352 e. The van der Waals surface area contributed by atoms with Crippen molar-refractivity contribution in [3.05, 3.63) is 65.7 Å². The van der Waals surface area contributed by atoms with Gasteiger partial charge in [-0.3, -0.25) is 9.79 Å². The van der Waals surface area contributed by atoms with Gasteiger partial charge in [-0.1, -0.05) is 56.3 Å². The molecule has 6 heteroatoms. The molecule has 0 spiro atoms. The summed E-state index contributed by atoms with van der Waals surface area (Å²) in [5, 5.41) is 9.46. The zero-order valence-electron chi connectivity index (χ0n) is 15.5. The lowest BCUT2D eigenvalue weighted by molar-refractivity contribution is -0.118. The van der Waals surface area contributed by atoms with Gasteiger partial charge in [0, 0.05) is 31.7 Å². The van der Waals surface area contributed by atoms with E-state index in [4.69, 9.17) is 0 Å². The van der Waals surface area contributed by atoms with Crippen LogP contribution in [0.15, 0.2) is 59.6 Å². The minimum atomic E-state index is -0.0274. The molecule has 0 heterocycles. The molecule has 2 aromatic carbocycles. The van der Waals surface area contributed by atoms with E-state index in [1.807, 2.05) is 56.3 Å². The Balaban J connectivity index is 0.00000338. The van der Waals surface area contributed by atoms with Crippen LogP contribution in [0.4, 0.5) is 5.69 Å². The number of guanidine groups is 1. The lowest BCUT2D eigenvalue weighted by atomic mass is 10.1. The van der Waals surface area contributed by atoms with Crippen molar-refractivity contribution >= 4 is 41.5 Å². The van der Waals surface area contributed by atoms with Gasteiger partial charge >= 0.3 is 0 Å². The lowest BCUT2D eigenvalue weighted by Gasteiger charge is -2.13. The van der Waals surface area contributed by atoms with E-state index in [0.29, 0.717) is 6.54 Å². The predicted molar refractivity (Wildman–Crippen MR) is 119 cm³/mol. The average Bonchev–Trinajstić information content (AvgIpc) is 2.64. The Hall–Kier alpha value is -2.09. The molecule has 0 bridgehead atoms. The summed E-state index contributed by atoms with van der Waals surface area (Å²) in [6, 6.07) is 18.0. The minimum absolute atomic E-state index is 0. The number of hydrogen-bond donors (Lipinski definition) is 3. The van der Waals surface area contributed by atoms with Gasteiger partial charge in [0.15, 0.2) is 5.96 Å². The average molecular weight is 466 g/mol. The molecule has 140 valence electrons. The Morgan fingerprint density at radius 3 is 1.96 bits per heavy atom. The second-order valence-corrected chi connectivity index (χ2v) is 6.11. The first-order valence-electron chi connectivity index (χ1n) is 8.46. The third-order valence-electron chi connectivity index (χ3n) is 3.73. The zero-order valence-corrected chi connectivity index (χ0v) is 17.8. The molecule has 2 aromatic rings. The topological polar surface area (TPSA) is 65.5 Å². The van der Waals surface area contributed by atoms with Crippen molar-refractivity contribution in [2.75, 3.05) is 12.4 Å². The van der Waals surface area contributed by atoms with E-state index in [0.717, 1.165) is 23.8 Å². The van der Waals surface area contributed by atoms with Gasteiger partial charge in [0.1, 0.15) is 0 Å². The van der Waals surface area contributed by atoms with E-state index < -0.39 is 0 Å². The van der Waals surface area contributed by atoms with Gasteiger partial charge in [-0.25, -0.2) is 0 Å². The highest BCUT2D eigenvalue weighted by atomic mass is 127. The highest BCUT2D eigenvalue weighted by molar-refractivity contribution is 14.0. The maximum atomic E-state index is 11.7. The van der Waals surface area contributed by atoms with E-state index >= 15 is 0 Å². The molecule has 1 amide bonds. The van der Waals surface area contributed by atoms with Gasteiger partial charge in [-0.15, -0.1) is 24.0 Å². The van der Waals surface area contributed by atoms with E-state index in [-0.39, 0.29) is 35.8 Å². The molecule has 26 heavy (non-hydrogen) atoms. The number of hydrogen-bond acceptors (Lipinski definition) is 2. The van der Waals surface area contributed by atoms with Crippen LogP contribution in [-0.4, -0.2) is 18.9 Å². The number of benzene rings is 2. The maximum Gasteiger partial charge on any atom is 0.226 e. The smallest absolute Gasteiger partial charge is 0.226 e. The summed E-state index contributed by atoms with van der Waals surface area (Å²) in [5.74, 6) is 0.748. The van der Waals surface area contributed by atoms with Gasteiger partial charge in [-0.05, 0) is 23.3 Å². The van der Waals surface area contributed by atoms with Crippen LogP contribution in [0.25, 0.3) is 0 Å². The summed E-state index contributed by atoms with van der Waals surface area (Å²) in [4.78, 5) is 15.9. The molecule has 0 atom stereocenters. The van der Waals surface area contributed by atoms with Gasteiger partial charge in [0.05, 0.1) is 0 Å². The molecule has 2 rings (SSSR count). The first-order valence-corrected chi connectivity index (χ1v) is 8.46. The number of nitrogens with one attached hydrogen (secondary N) is 3. The summed E-state index contributed by atoms with van der Waals surface area (Å²) in [5.41, 5.74) is 3.13. The number of nitrogens with zero attached hydrogens (tertiary/aromatic N) is 1. The number of aliphatic imine (C=N–C) groups is 1. The Morgan fingerprint density at radius 1 is 0.923 bits per heavy atom. The van der Waals surface area contributed by atoms with Gasteiger partial charge < -0.3 is 16.0 Å². The standard InChI is InChI=1S/C20H26N4O.HI/c1-15(2)19(25)24-18-11-9-17(10-12-18)14-23-20(21-3)22-13-16-7-5-4-6-8-16;/h4-12,15H,13-14H2,1-3H3,(H,24,25)(H2,21,22,23);1H. The molecule has 5 nitrogen and oxygen atoms in total. The molecular weight excluding hydrogens is 439 g/mol. The van der Waals surface area contributed by atoms with E-state index in [1.54, 1.807) is 7.05 Å². The largest absolute Gasteiger partial charge is 0.352 e. The van der Waals surface area contributed by atoms with Crippen molar-refractivity contribution in [3.63, 3.8) is 0 Å². The van der Waals surface area contributed by atoms with Gasteiger partial charge in [0.25, 0.3) is 0 Å². The second kappa shape index (κ2) is 11.5. The van der Waals surface area contributed by atoms with Crippen molar-refractivity contribution in [3.8, 4) is 0 Å². The van der Waals surface area contributed by atoms with Crippen molar-refractivity contribution < 1.29 is 4.79 Å². The molecule has 0 saturated carbocycles. The van der Waals surface area contributed by atoms with E-state index in [9.17, 15) is 4.79 Å². The summed E-state index contributed by atoms with van der Waals surface area (Å²) in [6.07, 6.45) is 0. The third kappa shape index (κ3) is 7.43. The SMILES string of the molecule is CN=C(NCc1ccccc1)NCc1ccc(NC(=O)C(C)C)cc1.I. The van der Waals surface area contributed by atoms with Crippen LogP contribution >= 0.6 is 24.0 Å². The lowest BCUT2D eigenvalue weighted by Crippen LogP contribution is -2.36. The molecule has 0 fully saturated rings. The van der Waals surface area contributed by atoms with Crippen LogP contribution in [0.1, 0.15) is 25.0 Å². The number of carbonyl (C=O) groups is 1. The molecule has 0 saturated heterocycles. The van der Waals surface area contributed by atoms with Crippen LogP contribution in [-0.2, 0) is 17.9 Å². The monoisotopic (exact) mass is 466 g/mol. The molecule has 0 aliphatic heterocycles. The first-order chi connectivity index (χ1) is 12.1. The number of carbonyl (C=O) groups excluding carboxylic acids is 1. The van der Waals surface area contributed by atoms with Gasteiger partial charge in [0.2, 0.25) is 5.91 Å². The van der Waals surface area contributed by atoms with Crippen molar-refractivity contribution in [2.45, 2.75) is 26.9 Å². The van der Waals surface area contributed by atoms with E-state index in [2.05, 4.69) is 33.1 Å². The highest BCUT2D eigenvalue weighted by Crippen LogP contribution is 2.11. The quantitative estimate of drug-likeness (QED) is 0.345. The molecule has 0 aliphatic rings. The second-order valence-electron chi connectivity index (χ2n) is 6.11. The van der Waals surface area contributed by atoms with Crippen LogP contribution in [0.2, 0.25) is 0 Å². The van der Waals surface area contributed by atoms with Crippen LogP contribution in [0.5, 0.6) is 0 Å². The normalized spacial score (nSPS) is 10.8. The number of halogens is 1. The summed E-state index contributed by atoms with van der Waals surface area (Å²) in [7, 11) is 1.75. The van der Waals surface area contributed by atoms with Gasteiger partial charge in [-0.2, -0.15) is 0 Å². The number of anilines is 1. The van der Waals surface area contributed by atoms with Crippen molar-refractivity contribution in [1.82, 2.24) is 10.6 Å². The fourth-order valence-electron chi connectivity index (χ4n) is 2.18. The summed E-state index contributed by atoms with van der Waals surface area (Å²) < 4.78 is 0. The van der Waals surface area contributed by atoms with Crippen LogP contribution in [0, 0.1) is 5.92 Å². The van der Waals surface area contributed by atoms with Crippen LogP contribution < -0.4 is 16.0 Å². The molecule has 0 aromatic heterocycles. The van der Waals surface area contributed by atoms with Crippen molar-refractivity contribution in [1.29, 1.82) is 0 Å². The molecule has 3 N–H and O–H groups in total. The first kappa shape index (κ1) is 22.0. The molecule has 0 unspecified atom stereocenters. The molecule has 0 aliphatic carbocycles. The molecule has 0 radical (unpaired) electrons. The third-order valence-corrected chi connectivity index (χ3v) is 3.73. The Labute approximate surface area is 172 Å². The maximum absolute atomic E-state index is 11.7. The predicted octanol–water partition coefficient (Wildman–Crippen LogP) is 3.76. The fourth-order valence-corrected chi connectivity index (χ4v) is 2.18. The summed E-state index contributed by atoms with van der Waals surface area (Å²) in [6.45, 7) is 5.14. The zero-order chi connectivity index (χ0) is 18.1. The molecular formula is C20H27IN4O.